The van der Waals surface area contributed by atoms with Crippen LogP contribution in [0.1, 0.15) is 376 Å². The first kappa shape index (κ1) is 92.1. The number of esters is 4. The van der Waals surface area contributed by atoms with Crippen molar-refractivity contribution in [1.82, 2.24) is 0 Å². The van der Waals surface area contributed by atoms with Crippen molar-refractivity contribution in [2.75, 3.05) is 39.6 Å². The molecule has 0 saturated carbocycles. The lowest BCUT2D eigenvalue weighted by molar-refractivity contribution is -0.161. The summed E-state index contributed by atoms with van der Waals surface area (Å²) in [6.07, 6.45) is 48.8. The van der Waals surface area contributed by atoms with Gasteiger partial charge in [-0.3, -0.25) is 37.3 Å². The molecule has 0 aromatic rings. The van der Waals surface area contributed by atoms with E-state index in [1.165, 1.54) is 173 Å². The van der Waals surface area contributed by atoms with E-state index in [0.717, 1.165) is 114 Å². The third kappa shape index (κ3) is 67.3. The van der Waals surface area contributed by atoms with E-state index in [2.05, 4.69) is 55.4 Å². The second-order valence-electron chi connectivity index (χ2n) is 28.7. The van der Waals surface area contributed by atoms with Crippen LogP contribution in [0.3, 0.4) is 0 Å². The molecule has 17 nitrogen and oxygen atoms in total. The van der Waals surface area contributed by atoms with Gasteiger partial charge in [0.05, 0.1) is 26.4 Å². The minimum Gasteiger partial charge on any atom is -0.462 e. The lowest BCUT2D eigenvalue weighted by Crippen LogP contribution is -2.30. The minimum atomic E-state index is -4.96. The van der Waals surface area contributed by atoms with E-state index in [-0.39, 0.29) is 25.7 Å². The van der Waals surface area contributed by atoms with Crippen LogP contribution in [0.2, 0.25) is 0 Å². The summed E-state index contributed by atoms with van der Waals surface area (Å²) >= 11 is 0. The van der Waals surface area contributed by atoms with Gasteiger partial charge in [-0.05, 0) is 49.4 Å². The lowest BCUT2D eigenvalue weighted by Gasteiger charge is -2.21. The van der Waals surface area contributed by atoms with E-state index in [9.17, 15) is 43.2 Å². The monoisotopic (exact) mass is 1380 g/mol. The molecule has 0 saturated heterocycles. The Hall–Kier alpha value is -1.94. The molecule has 19 heteroatoms. The standard InChI is InChI=1S/C75H146O17P2/c1-9-68(8)54-46-38-33-34-42-50-58-75(80)92-71(62-86-73(78)56-48-40-32-26-29-37-45-53-67(6)7)64-90-94(83,84)88-60-69(76)59-87-93(81,82)89-63-70(61-85-72(77)55-47-39-30-24-21-20-23-28-36-44-52-66(4)5)91-74(79)57-49-41-31-25-19-17-15-13-11-10-12-14-16-18-22-27-35-43-51-65(2)3/h65-71,76H,9-64H2,1-8H3,(H,81,82)(H,83,84)/t68?,69?,70-,71-/m1/s1. The number of rotatable bonds is 72. The van der Waals surface area contributed by atoms with Gasteiger partial charge < -0.3 is 33.8 Å². The molecule has 0 heterocycles. The summed E-state index contributed by atoms with van der Waals surface area (Å²) in [5.41, 5.74) is 0. The van der Waals surface area contributed by atoms with Gasteiger partial charge >= 0.3 is 39.5 Å². The Morgan fingerprint density at radius 1 is 0.298 bits per heavy atom. The van der Waals surface area contributed by atoms with E-state index >= 15 is 0 Å². The Labute approximate surface area is 575 Å². The highest BCUT2D eigenvalue weighted by Crippen LogP contribution is 2.45. The maximum Gasteiger partial charge on any atom is 0.472 e. The molecule has 6 atom stereocenters. The number of aliphatic hydroxyl groups is 1. The smallest absolute Gasteiger partial charge is 0.462 e. The zero-order chi connectivity index (χ0) is 69.6. The summed E-state index contributed by atoms with van der Waals surface area (Å²) in [4.78, 5) is 72.7. The normalized spacial score (nSPS) is 14.4. The van der Waals surface area contributed by atoms with Crippen molar-refractivity contribution in [3.63, 3.8) is 0 Å². The van der Waals surface area contributed by atoms with Crippen LogP contribution in [0.5, 0.6) is 0 Å². The number of aliphatic hydroxyl groups excluding tert-OH is 1. The lowest BCUT2D eigenvalue weighted by atomic mass is 10.00. The zero-order valence-electron chi connectivity index (χ0n) is 61.6. The molecule has 0 aliphatic carbocycles. The second-order valence-corrected chi connectivity index (χ2v) is 31.6. The molecule has 0 rings (SSSR count). The Balaban J connectivity index is 5.19. The second kappa shape index (κ2) is 64.4. The number of ether oxygens (including phenoxy) is 4. The molecule has 4 unspecified atom stereocenters. The summed E-state index contributed by atoms with van der Waals surface area (Å²) in [6.45, 7) is 14.1. The van der Waals surface area contributed by atoms with Crippen LogP contribution in [0.15, 0.2) is 0 Å². The minimum absolute atomic E-state index is 0.102. The summed E-state index contributed by atoms with van der Waals surface area (Å²) < 4.78 is 68.4. The summed E-state index contributed by atoms with van der Waals surface area (Å²) in [7, 11) is -9.91. The molecule has 0 aromatic carbocycles. The first-order valence-electron chi connectivity index (χ1n) is 38.7. The Kier molecular flexibility index (Phi) is 63.1. The van der Waals surface area contributed by atoms with Crippen molar-refractivity contribution in [1.29, 1.82) is 0 Å². The number of phosphoric acid groups is 2. The van der Waals surface area contributed by atoms with Gasteiger partial charge in [-0.15, -0.1) is 0 Å². The molecule has 0 aromatic heterocycles. The number of carbonyl (C=O) groups excluding carboxylic acids is 4. The highest BCUT2D eigenvalue weighted by Gasteiger charge is 2.30. The largest absolute Gasteiger partial charge is 0.472 e. The van der Waals surface area contributed by atoms with Crippen LogP contribution in [0, 0.1) is 23.7 Å². The van der Waals surface area contributed by atoms with Crippen molar-refractivity contribution in [2.45, 2.75) is 395 Å². The topological polar surface area (TPSA) is 237 Å². The fraction of sp³-hybridized carbons (Fsp3) is 0.947. The van der Waals surface area contributed by atoms with Gasteiger partial charge in [0.25, 0.3) is 0 Å². The Morgan fingerprint density at radius 3 is 0.755 bits per heavy atom. The molecular formula is C75H146O17P2. The van der Waals surface area contributed by atoms with Crippen molar-refractivity contribution in [2.24, 2.45) is 23.7 Å². The van der Waals surface area contributed by atoms with Gasteiger partial charge in [0, 0.05) is 25.7 Å². The average molecular weight is 1380 g/mol. The van der Waals surface area contributed by atoms with Crippen LogP contribution < -0.4 is 0 Å². The maximum absolute atomic E-state index is 13.1. The quantitative estimate of drug-likeness (QED) is 0.0222. The summed E-state index contributed by atoms with van der Waals surface area (Å²) in [6, 6.07) is 0. The highest BCUT2D eigenvalue weighted by molar-refractivity contribution is 7.47. The predicted octanol–water partition coefficient (Wildman–Crippen LogP) is 21.7. The maximum atomic E-state index is 13.1. The van der Waals surface area contributed by atoms with E-state index in [1.807, 2.05) is 0 Å². The van der Waals surface area contributed by atoms with Gasteiger partial charge in [0.15, 0.2) is 12.2 Å². The van der Waals surface area contributed by atoms with Gasteiger partial charge in [-0.2, -0.15) is 0 Å². The molecule has 0 radical (unpaired) electrons. The molecule has 0 aliphatic rings. The predicted molar refractivity (Wildman–Crippen MR) is 381 cm³/mol. The molecule has 3 N–H and O–H groups in total. The van der Waals surface area contributed by atoms with Crippen LogP contribution in [-0.4, -0.2) is 96.7 Å². The van der Waals surface area contributed by atoms with Crippen LogP contribution in [0.4, 0.5) is 0 Å². The summed E-state index contributed by atoms with van der Waals surface area (Å²) in [5, 5.41) is 10.6. The van der Waals surface area contributed by atoms with Crippen LogP contribution >= 0.6 is 15.6 Å². The number of phosphoric ester groups is 2. The average Bonchev–Trinajstić information content (AvgIpc) is 1.25. The van der Waals surface area contributed by atoms with Crippen molar-refractivity contribution in [3.05, 3.63) is 0 Å². The molecular weight excluding hydrogens is 1230 g/mol. The van der Waals surface area contributed by atoms with Crippen molar-refractivity contribution < 1.29 is 80.2 Å². The van der Waals surface area contributed by atoms with Gasteiger partial charge in [-0.25, -0.2) is 9.13 Å². The molecule has 0 spiro atoms. The van der Waals surface area contributed by atoms with Crippen LogP contribution in [0.25, 0.3) is 0 Å². The molecule has 0 aliphatic heterocycles. The molecule has 94 heavy (non-hydrogen) atoms. The van der Waals surface area contributed by atoms with Crippen molar-refractivity contribution in [3.8, 4) is 0 Å². The SMILES string of the molecule is CCC(C)CCCCCCCCC(=O)O[C@H](COC(=O)CCCCCCCCCC(C)C)COP(=O)(O)OCC(O)COP(=O)(O)OC[C@@H](COC(=O)CCCCCCCCCCCCC(C)C)OC(=O)CCCCCCCCCCCCCCCCCCCCC(C)C. The van der Waals surface area contributed by atoms with Gasteiger partial charge in [-0.1, -0.05) is 325 Å². The Bertz CT molecular complexity index is 1850. The van der Waals surface area contributed by atoms with Crippen LogP contribution in [-0.2, 0) is 65.4 Å². The van der Waals surface area contributed by atoms with E-state index in [4.69, 9.17) is 37.0 Å². The van der Waals surface area contributed by atoms with E-state index in [1.54, 1.807) is 0 Å². The fourth-order valence-corrected chi connectivity index (χ4v) is 12.9. The number of hydrogen-bond acceptors (Lipinski definition) is 15. The third-order valence-electron chi connectivity index (χ3n) is 17.7. The zero-order valence-corrected chi connectivity index (χ0v) is 63.4. The van der Waals surface area contributed by atoms with E-state index in [0.29, 0.717) is 31.6 Å². The summed E-state index contributed by atoms with van der Waals surface area (Å²) in [5.74, 6) is 0.877. The molecule has 0 bridgehead atoms. The number of unbranched alkanes of at least 4 members (excludes halogenated alkanes) is 37. The first-order valence-corrected chi connectivity index (χ1v) is 41.7. The number of carbonyl (C=O) groups is 4. The third-order valence-corrected chi connectivity index (χ3v) is 19.6. The number of hydrogen-bond donors (Lipinski definition) is 3. The molecule has 558 valence electrons. The van der Waals surface area contributed by atoms with Crippen molar-refractivity contribution >= 4 is 39.5 Å². The first-order chi connectivity index (χ1) is 45.1. The van der Waals surface area contributed by atoms with Gasteiger partial charge in [0.2, 0.25) is 0 Å². The molecule has 0 amide bonds. The van der Waals surface area contributed by atoms with Gasteiger partial charge in [0.1, 0.15) is 19.3 Å². The molecule has 0 fully saturated rings. The Morgan fingerprint density at radius 2 is 0.511 bits per heavy atom. The van der Waals surface area contributed by atoms with E-state index < -0.39 is 97.5 Å². The fourth-order valence-electron chi connectivity index (χ4n) is 11.3. The highest BCUT2D eigenvalue weighted by atomic mass is 31.2.